The Morgan fingerprint density at radius 3 is 2.51 bits per heavy atom. The van der Waals surface area contributed by atoms with Crippen LogP contribution in [0.3, 0.4) is 0 Å². The quantitative estimate of drug-likeness (QED) is 0.262. The van der Waals surface area contributed by atoms with Gasteiger partial charge in [0.2, 0.25) is 0 Å². The number of fused-ring (bicyclic) bond motifs is 1. The van der Waals surface area contributed by atoms with E-state index in [0.29, 0.717) is 35.5 Å². The number of halogens is 1. The van der Waals surface area contributed by atoms with Gasteiger partial charge in [0, 0.05) is 36.6 Å². The second-order valence-corrected chi connectivity index (χ2v) is 8.72. The van der Waals surface area contributed by atoms with Crippen LogP contribution in [0, 0.1) is 5.82 Å². The molecule has 0 bridgehead atoms. The maximum absolute atomic E-state index is 13.8. The Labute approximate surface area is 213 Å². The second kappa shape index (κ2) is 10.5. The summed E-state index contributed by atoms with van der Waals surface area (Å²) in [5, 5.41) is 6.19. The monoisotopic (exact) mass is 496 g/mol. The van der Waals surface area contributed by atoms with Crippen LogP contribution in [0.2, 0.25) is 0 Å². The number of ether oxygens (including phenoxy) is 1. The normalized spacial score (nSPS) is 13.6. The highest BCUT2D eigenvalue weighted by Crippen LogP contribution is 2.38. The molecule has 186 valence electrons. The van der Waals surface area contributed by atoms with Crippen LogP contribution in [0.25, 0.3) is 11.3 Å². The highest BCUT2D eigenvalue weighted by molar-refractivity contribution is 6.37. The Kier molecular flexibility index (Phi) is 6.81. The van der Waals surface area contributed by atoms with Crippen molar-refractivity contribution in [3.8, 4) is 0 Å². The fraction of sp³-hybridized carbons (Fsp3) is 0.138. The van der Waals surface area contributed by atoms with Gasteiger partial charge >= 0.3 is 5.97 Å². The summed E-state index contributed by atoms with van der Waals surface area (Å²) in [5.41, 5.74) is 5.75. The Morgan fingerprint density at radius 1 is 1.05 bits per heavy atom. The molecule has 0 radical (unpaired) electrons. The summed E-state index contributed by atoms with van der Waals surface area (Å²) in [7, 11) is 1.37. The summed E-state index contributed by atoms with van der Waals surface area (Å²) in [6, 6.07) is 19.9. The van der Waals surface area contributed by atoms with E-state index in [1.807, 2.05) is 59.3 Å². The number of aromatic nitrogens is 2. The number of anilines is 2. The number of imidazole rings is 1. The Morgan fingerprint density at radius 2 is 1.81 bits per heavy atom. The summed E-state index contributed by atoms with van der Waals surface area (Å²) in [4.78, 5) is 28.7. The molecule has 37 heavy (non-hydrogen) atoms. The van der Waals surface area contributed by atoms with Gasteiger partial charge in [0.15, 0.2) is 0 Å². The summed E-state index contributed by atoms with van der Waals surface area (Å²) in [5.74, 6) is -0.996. The second-order valence-electron chi connectivity index (χ2n) is 8.72. The van der Waals surface area contributed by atoms with E-state index in [1.54, 1.807) is 18.6 Å². The van der Waals surface area contributed by atoms with Gasteiger partial charge in [-0.3, -0.25) is 9.59 Å². The van der Waals surface area contributed by atoms with Crippen LogP contribution in [-0.2, 0) is 27.3 Å². The third kappa shape index (κ3) is 5.43. The molecule has 1 amide bonds. The Hall–Kier alpha value is -4.72. The minimum atomic E-state index is -0.418. The van der Waals surface area contributed by atoms with E-state index < -0.39 is 5.82 Å². The molecule has 0 atom stereocenters. The first-order valence-electron chi connectivity index (χ1n) is 11.8. The Bertz CT molecular complexity index is 1460. The molecule has 0 aliphatic carbocycles. The third-order valence-electron chi connectivity index (χ3n) is 6.21. The SMILES string of the molecule is COC(=O)CCc1ccc(C(Nc2ccc(Cn3ccnc3)cc2)=C2C(=O)Nc3cc(F)ccc32)cc1. The van der Waals surface area contributed by atoms with Crippen LogP contribution >= 0.6 is 0 Å². The van der Waals surface area contributed by atoms with Gasteiger partial charge < -0.3 is 19.9 Å². The minimum Gasteiger partial charge on any atom is -0.469 e. The van der Waals surface area contributed by atoms with Crippen molar-refractivity contribution in [2.45, 2.75) is 19.4 Å². The zero-order valence-corrected chi connectivity index (χ0v) is 20.2. The summed E-state index contributed by atoms with van der Waals surface area (Å²) in [6.45, 7) is 0.697. The maximum Gasteiger partial charge on any atom is 0.305 e. The smallest absolute Gasteiger partial charge is 0.305 e. The lowest BCUT2D eigenvalue weighted by molar-refractivity contribution is -0.140. The molecule has 0 saturated carbocycles. The third-order valence-corrected chi connectivity index (χ3v) is 6.21. The molecule has 1 aliphatic rings. The van der Waals surface area contributed by atoms with E-state index in [9.17, 15) is 14.0 Å². The standard InChI is InChI=1S/C29H25FN4O3/c1-37-26(35)13-6-19-2-7-21(8-3-19)28(27-24-12-9-22(30)16-25(24)33-29(27)36)32-23-10-4-20(5-11-23)17-34-15-14-31-18-34/h2-5,7-12,14-16,18,32H,6,13,17H2,1H3,(H,33,36). The van der Waals surface area contributed by atoms with Crippen LogP contribution in [-0.4, -0.2) is 28.5 Å². The highest BCUT2D eigenvalue weighted by atomic mass is 19.1. The van der Waals surface area contributed by atoms with Crippen molar-refractivity contribution in [3.05, 3.63) is 114 Å². The predicted octanol–water partition coefficient (Wildman–Crippen LogP) is 5.11. The number of methoxy groups -OCH3 is 1. The number of rotatable bonds is 8. The molecule has 0 unspecified atom stereocenters. The van der Waals surface area contributed by atoms with E-state index in [2.05, 4.69) is 15.6 Å². The first-order valence-corrected chi connectivity index (χ1v) is 11.8. The molecule has 0 fully saturated rings. The molecular formula is C29H25FN4O3. The van der Waals surface area contributed by atoms with Gasteiger partial charge in [-0.2, -0.15) is 0 Å². The van der Waals surface area contributed by atoms with Crippen molar-refractivity contribution in [2.75, 3.05) is 17.7 Å². The summed E-state index contributed by atoms with van der Waals surface area (Å²) < 4.78 is 20.5. The van der Waals surface area contributed by atoms with Gasteiger partial charge in [-0.15, -0.1) is 0 Å². The average Bonchev–Trinajstić information content (AvgIpc) is 3.53. The molecule has 5 rings (SSSR count). The predicted molar refractivity (Wildman–Crippen MR) is 140 cm³/mol. The fourth-order valence-corrected chi connectivity index (χ4v) is 4.29. The van der Waals surface area contributed by atoms with Crippen LogP contribution in [0.4, 0.5) is 15.8 Å². The average molecular weight is 497 g/mol. The van der Waals surface area contributed by atoms with Crippen LogP contribution in [0.5, 0.6) is 0 Å². The van der Waals surface area contributed by atoms with Gasteiger partial charge in [0.1, 0.15) is 5.82 Å². The largest absolute Gasteiger partial charge is 0.469 e. The number of nitrogens with zero attached hydrogens (tertiary/aromatic N) is 2. The van der Waals surface area contributed by atoms with Crippen molar-refractivity contribution in [2.24, 2.45) is 0 Å². The molecule has 4 aromatic rings. The first-order chi connectivity index (χ1) is 18.0. The molecule has 0 saturated heterocycles. The number of amides is 1. The van der Waals surface area contributed by atoms with E-state index in [4.69, 9.17) is 4.74 Å². The lowest BCUT2D eigenvalue weighted by Gasteiger charge is -2.16. The number of carbonyl (C=O) groups excluding carboxylic acids is 2. The van der Waals surface area contributed by atoms with Crippen LogP contribution in [0.1, 0.15) is 28.7 Å². The number of nitrogens with one attached hydrogen (secondary N) is 2. The van der Waals surface area contributed by atoms with Crippen molar-refractivity contribution in [3.63, 3.8) is 0 Å². The van der Waals surface area contributed by atoms with Gasteiger partial charge in [0.05, 0.1) is 30.4 Å². The lowest BCUT2D eigenvalue weighted by atomic mass is 9.98. The van der Waals surface area contributed by atoms with E-state index in [1.165, 1.54) is 19.2 Å². The number of aryl methyl sites for hydroxylation is 1. The molecule has 8 heteroatoms. The number of benzene rings is 3. The minimum absolute atomic E-state index is 0.267. The van der Waals surface area contributed by atoms with Crippen molar-refractivity contribution in [1.29, 1.82) is 0 Å². The van der Waals surface area contributed by atoms with E-state index >= 15 is 0 Å². The molecule has 1 aliphatic heterocycles. The zero-order chi connectivity index (χ0) is 25.8. The fourth-order valence-electron chi connectivity index (χ4n) is 4.29. The molecular weight excluding hydrogens is 471 g/mol. The van der Waals surface area contributed by atoms with Crippen molar-refractivity contribution >= 4 is 34.5 Å². The topological polar surface area (TPSA) is 85.2 Å². The molecule has 1 aromatic heterocycles. The van der Waals surface area contributed by atoms with Gasteiger partial charge in [-0.25, -0.2) is 9.37 Å². The molecule has 7 nitrogen and oxygen atoms in total. The molecule has 0 spiro atoms. The first kappa shape index (κ1) is 24.0. The van der Waals surface area contributed by atoms with E-state index in [-0.39, 0.29) is 18.3 Å². The number of hydrogen-bond donors (Lipinski definition) is 2. The molecule has 2 N–H and O–H groups in total. The van der Waals surface area contributed by atoms with Gasteiger partial charge in [0.25, 0.3) is 5.91 Å². The van der Waals surface area contributed by atoms with Gasteiger partial charge in [-0.1, -0.05) is 36.4 Å². The molecule has 3 aromatic carbocycles. The molecule has 2 heterocycles. The van der Waals surface area contributed by atoms with Crippen molar-refractivity contribution < 1.29 is 18.7 Å². The summed E-state index contributed by atoms with van der Waals surface area (Å²) in [6.07, 6.45) is 6.25. The van der Waals surface area contributed by atoms with Crippen molar-refractivity contribution in [1.82, 2.24) is 9.55 Å². The van der Waals surface area contributed by atoms with Crippen LogP contribution in [0.15, 0.2) is 85.5 Å². The van der Waals surface area contributed by atoms with Crippen LogP contribution < -0.4 is 10.6 Å². The summed E-state index contributed by atoms with van der Waals surface area (Å²) >= 11 is 0. The van der Waals surface area contributed by atoms with E-state index in [0.717, 1.165) is 22.4 Å². The number of carbonyl (C=O) groups is 2. The zero-order valence-electron chi connectivity index (χ0n) is 20.2. The maximum atomic E-state index is 13.8. The lowest BCUT2D eigenvalue weighted by Crippen LogP contribution is -2.10. The Balaban J connectivity index is 1.48. The van der Waals surface area contributed by atoms with Gasteiger partial charge in [-0.05, 0) is 53.4 Å². The number of hydrogen-bond acceptors (Lipinski definition) is 5. The highest BCUT2D eigenvalue weighted by Gasteiger charge is 2.28. The number of esters is 1.